The molecule has 3 nitrogen and oxygen atoms in total. The summed E-state index contributed by atoms with van der Waals surface area (Å²) in [5.74, 6) is 0.818. The van der Waals surface area contributed by atoms with Gasteiger partial charge in [-0.1, -0.05) is 32.8 Å². The molecule has 1 aromatic heterocycles. The molecule has 1 heterocycles. The van der Waals surface area contributed by atoms with Gasteiger partial charge in [-0.2, -0.15) is 0 Å². The second-order valence-electron chi connectivity index (χ2n) is 6.91. The van der Waals surface area contributed by atoms with Gasteiger partial charge in [-0.25, -0.2) is 0 Å². The van der Waals surface area contributed by atoms with Crippen LogP contribution in [0, 0.1) is 18.3 Å². The predicted octanol–water partition coefficient (Wildman–Crippen LogP) is 3.40. The van der Waals surface area contributed by atoms with Crippen LogP contribution >= 0.6 is 0 Å². The number of pyridine rings is 1. The first-order valence-corrected chi connectivity index (χ1v) is 8.32. The summed E-state index contributed by atoms with van der Waals surface area (Å²) in [5.41, 5.74) is 2.31. The van der Waals surface area contributed by atoms with E-state index in [4.69, 9.17) is 0 Å². The summed E-state index contributed by atoms with van der Waals surface area (Å²) in [6, 6.07) is 6.22. The zero-order chi connectivity index (χ0) is 15.3. The summed E-state index contributed by atoms with van der Waals surface area (Å²) in [4.78, 5) is 7.05. The molecule has 1 aliphatic carbocycles. The van der Waals surface area contributed by atoms with E-state index in [1.807, 2.05) is 13.0 Å². The Kier molecular flexibility index (Phi) is 5.77. The molecule has 2 rings (SSSR count). The number of aliphatic hydroxyl groups excluding tert-OH is 1. The van der Waals surface area contributed by atoms with Crippen LogP contribution in [-0.4, -0.2) is 34.7 Å². The SMILES string of the molecule is CCN(Cc1cccc(C)n1)CC1(CO)CCC(C)CC1. The molecule has 0 amide bonds. The molecule has 1 saturated carbocycles. The molecule has 0 bridgehead atoms. The minimum Gasteiger partial charge on any atom is -0.396 e. The van der Waals surface area contributed by atoms with Gasteiger partial charge in [0.05, 0.1) is 5.69 Å². The van der Waals surface area contributed by atoms with Crippen molar-refractivity contribution < 1.29 is 5.11 Å². The highest BCUT2D eigenvalue weighted by atomic mass is 16.3. The molecule has 3 heteroatoms. The van der Waals surface area contributed by atoms with Crippen LogP contribution in [-0.2, 0) is 6.54 Å². The Bertz CT molecular complexity index is 439. The van der Waals surface area contributed by atoms with Crippen molar-refractivity contribution in [3.63, 3.8) is 0 Å². The lowest BCUT2D eigenvalue weighted by Crippen LogP contribution is -2.42. The van der Waals surface area contributed by atoms with E-state index in [9.17, 15) is 5.11 Å². The average Bonchev–Trinajstić information content (AvgIpc) is 2.49. The Morgan fingerprint density at radius 3 is 2.62 bits per heavy atom. The van der Waals surface area contributed by atoms with Gasteiger partial charge >= 0.3 is 0 Å². The van der Waals surface area contributed by atoms with Gasteiger partial charge in [0, 0.05) is 30.8 Å². The first kappa shape index (κ1) is 16.4. The molecule has 0 atom stereocenters. The maximum atomic E-state index is 9.94. The minimum atomic E-state index is 0.104. The third kappa shape index (κ3) is 4.52. The number of hydrogen-bond acceptors (Lipinski definition) is 3. The van der Waals surface area contributed by atoms with Crippen LogP contribution in [0.1, 0.15) is 50.9 Å². The van der Waals surface area contributed by atoms with Gasteiger partial charge in [-0.3, -0.25) is 9.88 Å². The second-order valence-corrected chi connectivity index (χ2v) is 6.91. The molecule has 0 radical (unpaired) electrons. The molecule has 0 unspecified atom stereocenters. The molecule has 0 aromatic carbocycles. The molecule has 0 saturated heterocycles. The number of aliphatic hydroxyl groups is 1. The first-order chi connectivity index (χ1) is 10.1. The van der Waals surface area contributed by atoms with Crippen molar-refractivity contribution in [2.45, 2.75) is 53.0 Å². The van der Waals surface area contributed by atoms with Gasteiger partial charge in [0.2, 0.25) is 0 Å². The Morgan fingerprint density at radius 1 is 1.33 bits per heavy atom. The smallest absolute Gasteiger partial charge is 0.0547 e. The quantitative estimate of drug-likeness (QED) is 0.872. The third-order valence-electron chi connectivity index (χ3n) is 5.01. The average molecular weight is 290 g/mol. The number of rotatable bonds is 6. The van der Waals surface area contributed by atoms with Gasteiger partial charge in [0.1, 0.15) is 0 Å². The summed E-state index contributed by atoms with van der Waals surface area (Å²) in [5, 5.41) is 9.94. The molecule has 1 fully saturated rings. The van der Waals surface area contributed by atoms with Crippen molar-refractivity contribution in [3.05, 3.63) is 29.6 Å². The lowest BCUT2D eigenvalue weighted by molar-refractivity contribution is 0.0281. The maximum Gasteiger partial charge on any atom is 0.0547 e. The topological polar surface area (TPSA) is 36.4 Å². The van der Waals surface area contributed by atoms with E-state index in [0.717, 1.165) is 49.8 Å². The van der Waals surface area contributed by atoms with Gasteiger partial charge < -0.3 is 5.11 Å². The molecule has 1 aromatic rings. The van der Waals surface area contributed by atoms with Gasteiger partial charge in [-0.05, 0) is 44.4 Å². The number of aryl methyl sites for hydroxylation is 1. The summed E-state index contributed by atoms with van der Waals surface area (Å²) in [6.07, 6.45) is 4.81. The van der Waals surface area contributed by atoms with Crippen molar-refractivity contribution in [2.75, 3.05) is 19.7 Å². The van der Waals surface area contributed by atoms with Crippen molar-refractivity contribution in [3.8, 4) is 0 Å². The fraction of sp³-hybridized carbons (Fsp3) is 0.722. The van der Waals surface area contributed by atoms with Crippen molar-refractivity contribution >= 4 is 0 Å². The largest absolute Gasteiger partial charge is 0.396 e. The van der Waals surface area contributed by atoms with Crippen LogP contribution < -0.4 is 0 Å². The van der Waals surface area contributed by atoms with Crippen LogP contribution in [0.2, 0.25) is 0 Å². The summed E-state index contributed by atoms with van der Waals surface area (Å²) >= 11 is 0. The Hall–Kier alpha value is -0.930. The molecular weight excluding hydrogens is 260 g/mol. The van der Waals surface area contributed by atoms with Crippen LogP contribution in [0.3, 0.4) is 0 Å². The van der Waals surface area contributed by atoms with Crippen molar-refractivity contribution in [1.82, 2.24) is 9.88 Å². The fourth-order valence-corrected chi connectivity index (χ4v) is 3.41. The molecule has 0 aliphatic heterocycles. The van der Waals surface area contributed by atoms with E-state index in [2.05, 4.69) is 35.9 Å². The van der Waals surface area contributed by atoms with Crippen molar-refractivity contribution in [2.24, 2.45) is 11.3 Å². The number of nitrogens with zero attached hydrogens (tertiary/aromatic N) is 2. The molecule has 21 heavy (non-hydrogen) atoms. The normalized spacial score (nSPS) is 26.2. The Labute approximate surface area is 129 Å². The molecule has 0 spiro atoms. The van der Waals surface area contributed by atoms with E-state index in [1.54, 1.807) is 0 Å². The van der Waals surface area contributed by atoms with Gasteiger partial charge in [0.15, 0.2) is 0 Å². The first-order valence-electron chi connectivity index (χ1n) is 8.32. The molecular formula is C18H30N2O. The van der Waals surface area contributed by atoms with Crippen LogP contribution in [0.4, 0.5) is 0 Å². The third-order valence-corrected chi connectivity index (χ3v) is 5.01. The summed E-state index contributed by atoms with van der Waals surface area (Å²) < 4.78 is 0. The predicted molar refractivity (Wildman–Crippen MR) is 87.1 cm³/mol. The number of aromatic nitrogens is 1. The van der Waals surface area contributed by atoms with E-state index in [1.165, 1.54) is 12.8 Å². The molecule has 118 valence electrons. The summed E-state index contributed by atoms with van der Waals surface area (Å²) in [7, 11) is 0. The van der Waals surface area contributed by atoms with E-state index >= 15 is 0 Å². The lowest BCUT2D eigenvalue weighted by Gasteiger charge is -2.41. The van der Waals surface area contributed by atoms with Gasteiger partial charge in [-0.15, -0.1) is 0 Å². The summed E-state index contributed by atoms with van der Waals surface area (Å²) in [6.45, 7) is 9.77. The zero-order valence-corrected chi connectivity index (χ0v) is 13.8. The minimum absolute atomic E-state index is 0.104. The fourth-order valence-electron chi connectivity index (χ4n) is 3.41. The monoisotopic (exact) mass is 290 g/mol. The highest BCUT2D eigenvalue weighted by Crippen LogP contribution is 2.39. The van der Waals surface area contributed by atoms with E-state index in [-0.39, 0.29) is 5.41 Å². The van der Waals surface area contributed by atoms with Crippen LogP contribution in [0.25, 0.3) is 0 Å². The Morgan fingerprint density at radius 2 is 2.05 bits per heavy atom. The van der Waals surface area contributed by atoms with Crippen LogP contribution in [0.15, 0.2) is 18.2 Å². The highest BCUT2D eigenvalue weighted by molar-refractivity contribution is 5.09. The molecule has 1 N–H and O–H groups in total. The van der Waals surface area contributed by atoms with Crippen molar-refractivity contribution in [1.29, 1.82) is 0 Å². The number of hydrogen-bond donors (Lipinski definition) is 1. The molecule has 1 aliphatic rings. The Balaban J connectivity index is 2.00. The lowest BCUT2D eigenvalue weighted by atomic mass is 9.71. The van der Waals surface area contributed by atoms with Gasteiger partial charge in [0.25, 0.3) is 0 Å². The zero-order valence-electron chi connectivity index (χ0n) is 13.8. The maximum absolute atomic E-state index is 9.94. The van der Waals surface area contributed by atoms with E-state index in [0.29, 0.717) is 6.61 Å². The van der Waals surface area contributed by atoms with Crippen LogP contribution in [0.5, 0.6) is 0 Å². The highest BCUT2D eigenvalue weighted by Gasteiger charge is 2.35. The second kappa shape index (κ2) is 7.37. The van der Waals surface area contributed by atoms with E-state index < -0.39 is 0 Å². The standard InChI is InChI=1S/C18H30N2O/c1-4-20(12-17-7-5-6-16(3)19-17)13-18(14-21)10-8-15(2)9-11-18/h5-7,15,21H,4,8-14H2,1-3H3.